The first-order valence-electron chi connectivity index (χ1n) is 8.31. The van der Waals surface area contributed by atoms with Gasteiger partial charge in [0.2, 0.25) is 0 Å². The number of amides is 1. The average Bonchev–Trinajstić information content (AvgIpc) is 3.11. The molecule has 0 fully saturated rings. The summed E-state index contributed by atoms with van der Waals surface area (Å²) in [5.74, 6) is -0.852. The number of hydrogen-bond acceptors (Lipinski definition) is 5. The van der Waals surface area contributed by atoms with Crippen molar-refractivity contribution in [1.82, 2.24) is 19.6 Å². The molecule has 7 nitrogen and oxygen atoms in total. The fraction of sp³-hybridized carbons (Fsp3) is 0.0526. The largest absolute Gasteiger partial charge is 0.573 e. The van der Waals surface area contributed by atoms with E-state index in [1.807, 2.05) is 0 Å². The second kappa shape index (κ2) is 7.23. The van der Waals surface area contributed by atoms with Crippen LogP contribution in [0.25, 0.3) is 16.9 Å². The molecule has 0 bridgehead atoms. The van der Waals surface area contributed by atoms with Crippen LogP contribution in [0.5, 0.6) is 5.75 Å². The predicted molar refractivity (Wildman–Crippen MR) is 97.3 cm³/mol. The van der Waals surface area contributed by atoms with Gasteiger partial charge in [-0.2, -0.15) is 5.10 Å². The van der Waals surface area contributed by atoms with E-state index >= 15 is 0 Å². The molecule has 0 aliphatic carbocycles. The van der Waals surface area contributed by atoms with E-state index in [2.05, 4.69) is 25.1 Å². The van der Waals surface area contributed by atoms with Crippen LogP contribution < -0.4 is 10.1 Å². The minimum Gasteiger partial charge on any atom is -0.405 e. The summed E-state index contributed by atoms with van der Waals surface area (Å²) < 4.78 is 43.6. The van der Waals surface area contributed by atoms with Crippen LogP contribution in [0.2, 0.25) is 0 Å². The molecule has 1 aromatic carbocycles. The molecular formula is C19H12F3N5O2. The Hall–Kier alpha value is -3.95. The van der Waals surface area contributed by atoms with Crippen LogP contribution in [0.15, 0.2) is 67.3 Å². The maximum Gasteiger partial charge on any atom is 0.573 e. The van der Waals surface area contributed by atoms with Gasteiger partial charge in [-0.3, -0.25) is 9.78 Å². The van der Waals surface area contributed by atoms with E-state index in [9.17, 15) is 18.0 Å². The molecule has 3 heterocycles. The van der Waals surface area contributed by atoms with Gasteiger partial charge in [-0.05, 0) is 30.3 Å². The molecule has 3 aromatic heterocycles. The van der Waals surface area contributed by atoms with Crippen molar-refractivity contribution in [3.8, 4) is 17.0 Å². The van der Waals surface area contributed by atoms with Crippen molar-refractivity contribution in [2.24, 2.45) is 0 Å². The van der Waals surface area contributed by atoms with Crippen LogP contribution >= 0.6 is 0 Å². The molecule has 4 aromatic rings. The number of pyridine rings is 1. The molecule has 1 N–H and O–H groups in total. The molecular weight excluding hydrogens is 387 g/mol. The van der Waals surface area contributed by atoms with Crippen LogP contribution in [0, 0.1) is 0 Å². The number of halogens is 3. The molecule has 0 unspecified atom stereocenters. The summed E-state index contributed by atoms with van der Waals surface area (Å²) in [5, 5.41) is 6.76. The van der Waals surface area contributed by atoms with Crippen molar-refractivity contribution in [3.05, 3.63) is 72.8 Å². The lowest BCUT2D eigenvalue weighted by Gasteiger charge is -2.13. The van der Waals surface area contributed by atoms with Gasteiger partial charge in [-0.1, -0.05) is 12.1 Å². The van der Waals surface area contributed by atoms with Gasteiger partial charge >= 0.3 is 6.36 Å². The third kappa shape index (κ3) is 4.00. The molecule has 0 atom stereocenters. The molecule has 10 heteroatoms. The standard InChI is InChI=1S/C19H12F3N5O2/c20-19(21,22)29-16-4-2-1-3-13(16)15-7-10-27-17(26-15)14(11-24-27)18(28)25-12-5-8-23-9-6-12/h1-11H,(H,23,25,28). The Morgan fingerprint density at radius 3 is 2.59 bits per heavy atom. The summed E-state index contributed by atoms with van der Waals surface area (Å²) in [6.07, 6.45) is 1.05. The lowest BCUT2D eigenvalue weighted by molar-refractivity contribution is -0.274. The van der Waals surface area contributed by atoms with Crippen molar-refractivity contribution in [2.45, 2.75) is 6.36 Å². The van der Waals surface area contributed by atoms with E-state index < -0.39 is 12.3 Å². The van der Waals surface area contributed by atoms with Crippen LogP contribution in [-0.2, 0) is 0 Å². The summed E-state index contributed by atoms with van der Waals surface area (Å²) in [4.78, 5) is 20.8. The van der Waals surface area contributed by atoms with Gasteiger partial charge in [0.25, 0.3) is 5.91 Å². The number of alkyl halides is 3. The third-order valence-corrected chi connectivity index (χ3v) is 3.94. The minimum atomic E-state index is -4.84. The fourth-order valence-electron chi connectivity index (χ4n) is 2.70. The number of para-hydroxylation sites is 1. The summed E-state index contributed by atoms with van der Waals surface area (Å²) in [6, 6.07) is 10.4. The van der Waals surface area contributed by atoms with E-state index in [1.54, 1.807) is 18.2 Å². The van der Waals surface area contributed by atoms with Crippen molar-refractivity contribution in [1.29, 1.82) is 0 Å². The Bertz CT molecular complexity index is 1180. The second-order valence-electron chi connectivity index (χ2n) is 5.87. The SMILES string of the molecule is O=C(Nc1ccncc1)c1cnn2ccc(-c3ccccc3OC(F)(F)F)nc12. The summed E-state index contributed by atoms with van der Waals surface area (Å²) in [5.41, 5.74) is 1.23. The fourth-order valence-corrected chi connectivity index (χ4v) is 2.70. The third-order valence-electron chi connectivity index (χ3n) is 3.94. The maximum absolute atomic E-state index is 12.7. The first-order valence-corrected chi connectivity index (χ1v) is 8.31. The highest BCUT2D eigenvalue weighted by molar-refractivity contribution is 6.08. The number of nitrogens with one attached hydrogen (secondary N) is 1. The van der Waals surface area contributed by atoms with Gasteiger partial charge in [0.1, 0.15) is 11.3 Å². The lowest BCUT2D eigenvalue weighted by Crippen LogP contribution is -2.17. The number of carbonyl (C=O) groups is 1. The van der Waals surface area contributed by atoms with Crippen molar-refractivity contribution >= 4 is 17.2 Å². The van der Waals surface area contributed by atoms with Gasteiger partial charge in [0.15, 0.2) is 5.65 Å². The molecule has 1 amide bonds. The first kappa shape index (κ1) is 18.4. The van der Waals surface area contributed by atoms with Crippen LogP contribution in [-0.4, -0.2) is 31.9 Å². The van der Waals surface area contributed by atoms with E-state index in [-0.39, 0.29) is 28.2 Å². The Morgan fingerprint density at radius 2 is 1.83 bits per heavy atom. The summed E-state index contributed by atoms with van der Waals surface area (Å²) in [6.45, 7) is 0. The number of anilines is 1. The molecule has 0 aliphatic rings. The number of benzene rings is 1. The number of nitrogens with zero attached hydrogens (tertiary/aromatic N) is 4. The Kier molecular flexibility index (Phi) is 4.59. The highest BCUT2D eigenvalue weighted by Gasteiger charge is 2.32. The Labute approximate surface area is 161 Å². The molecule has 0 spiro atoms. The average molecular weight is 399 g/mol. The first-order chi connectivity index (χ1) is 13.9. The van der Waals surface area contributed by atoms with Crippen LogP contribution in [0.3, 0.4) is 0 Å². The van der Waals surface area contributed by atoms with Crippen molar-refractivity contribution < 1.29 is 22.7 Å². The van der Waals surface area contributed by atoms with Gasteiger partial charge in [-0.25, -0.2) is 9.50 Å². The molecule has 29 heavy (non-hydrogen) atoms. The molecule has 4 rings (SSSR count). The molecule has 0 radical (unpaired) electrons. The topological polar surface area (TPSA) is 81.4 Å². The highest BCUT2D eigenvalue weighted by Crippen LogP contribution is 2.33. The summed E-state index contributed by atoms with van der Waals surface area (Å²) in [7, 11) is 0. The zero-order valence-corrected chi connectivity index (χ0v) is 14.6. The zero-order chi connectivity index (χ0) is 20.4. The number of aromatic nitrogens is 4. The summed E-state index contributed by atoms with van der Waals surface area (Å²) >= 11 is 0. The molecule has 0 saturated carbocycles. The minimum absolute atomic E-state index is 0.133. The van der Waals surface area contributed by atoms with Gasteiger partial charge in [-0.15, -0.1) is 13.2 Å². The lowest BCUT2D eigenvalue weighted by atomic mass is 10.1. The van der Waals surface area contributed by atoms with Crippen molar-refractivity contribution in [2.75, 3.05) is 5.32 Å². The van der Waals surface area contributed by atoms with Crippen LogP contribution in [0.4, 0.5) is 18.9 Å². The second-order valence-corrected chi connectivity index (χ2v) is 5.87. The van der Waals surface area contributed by atoms with E-state index in [0.29, 0.717) is 5.69 Å². The number of rotatable bonds is 4. The molecule has 0 aliphatic heterocycles. The van der Waals surface area contributed by atoms with E-state index in [1.165, 1.54) is 53.6 Å². The Balaban J connectivity index is 1.72. The number of fused-ring (bicyclic) bond motifs is 1. The van der Waals surface area contributed by atoms with Crippen LogP contribution in [0.1, 0.15) is 10.4 Å². The van der Waals surface area contributed by atoms with E-state index in [4.69, 9.17) is 0 Å². The Morgan fingerprint density at radius 1 is 1.07 bits per heavy atom. The van der Waals surface area contributed by atoms with Crippen molar-refractivity contribution in [3.63, 3.8) is 0 Å². The number of carbonyl (C=O) groups excluding carboxylic acids is 1. The number of ether oxygens (including phenoxy) is 1. The maximum atomic E-state index is 12.7. The monoisotopic (exact) mass is 399 g/mol. The molecule has 146 valence electrons. The van der Waals surface area contributed by atoms with Gasteiger partial charge in [0.05, 0.1) is 11.9 Å². The number of hydrogen-bond donors (Lipinski definition) is 1. The normalized spacial score (nSPS) is 11.4. The highest BCUT2D eigenvalue weighted by atomic mass is 19.4. The quantitative estimate of drug-likeness (QED) is 0.562. The van der Waals surface area contributed by atoms with Gasteiger partial charge < -0.3 is 10.1 Å². The smallest absolute Gasteiger partial charge is 0.405 e. The molecule has 0 saturated heterocycles. The van der Waals surface area contributed by atoms with E-state index in [0.717, 1.165) is 0 Å². The predicted octanol–water partition coefficient (Wildman–Crippen LogP) is 3.94. The zero-order valence-electron chi connectivity index (χ0n) is 14.6. The van der Waals surface area contributed by atoms with Gasteiger partial charge in [0, 0.05) is 29.8 Å².